The second kappa shape index (κ2) is 5.40. The van der Waals surface area contributed by atoms with Gasteiger partial charge in [-0.2, -0.15) is 0 Å². The van der Waals surface area contributed by atoms with Crippen molar-refractivity contribution in [1.29, 1.82) is 0 Å². The Hall–Kier alpha value is -1.23. The zero-order valence-corrected chi connectivity index (χ0v) is 10.2. The number of anilines is 2. The van der Waals surface area contributed by atoms with Crippen LogP contribution >= 0.6 is 11.8 Å². The molecule has 1 atom stereocenters. The number of carbonyl (C=O) groups excluding carboxylic acids is 1. The highest BCUT2D eigenvalue weighted by molar-refractivity contribution is 8.00. The molecule has 0 radical (unpaired) electrons. The van der Waals surface area contributed by atoms with E-state index in [1.165, 1.54) is 18.2 Å². The van der Waals surface area contributed by atoms with E-state index in [9.17, 15) is 9.18 Å². The van der Waals surface area contributed by atoms with Gasteiger partial charge in [-0.05, 0) is 36.8 Å². The van der Waals surface area contributed by atoms with E-state index in [0.717, 1.165) is 25.0 Å². The van der Waals surface area contributed by atoms with Gasteiger partial charge in [0, 0.05) is 0 Å². The minimum Gasteiger partial charge on any atom is -0.397 e. The summed E-state index contributed by atoms with van der Waals surface area (Å²) in [6.45, 7) is 0. The van der Waals surface area contributed by atoms with Crippen molar-refractivity contribution in [3.05, 3.63) is 24.0 Å². The van der Waals surface area contributed by atoms with Crippen LogP contribution in [-0.2, 0) is 4.79 Å². The molecule has 17 heavy (non-hydrogen) atoms. The van der Waals surface area contributed by atoms with Gasteiger partial charge in [0.05, 0.1) is 16.6 Å². The molecule has 2 rings (SSSR count). The van der Waals surface area contributed by atoms with Gasteiger partial charge in [0.25, 0.3) is 0 Å². The first kappa shape index (κ1) is 12.2. The summed E-state index contributed by atoms with van der Waals surface area (Å²) in [5.41, 5.74) is 6.43. The predicted octanol–water partition coefficient (Wildman–Crippen LogP) is 2.63. The Kier molecular flexibility index (Phi) is 3.89. The largest absolute Gasteiger partial charge is 0.397 e. The molecule has 0 bridgehead atoms. The minimum atomic E-state index is -0.397. The zero-order valence-electron chi connectivity index (χ0n) is 9.41. The second-order valence-electron chi connectivity index (χ2n) is 4.08. The number of carbonyl (C=O) groups is 1. The third kappa shape index (κ3) is 3.12. The Morgan fingerprint density at radius 2 is 2.29 bits per heavy atom. The summed E-state index contributed by atoms with van der Waals surface area (Å²) in [6, 6.07) is 3.99. The maximum Gasteiger partial charge on any atom is 0.237 e. The lowest BCUT2D eigenvalue weighted by Crippen LogP contribution is -2.27. The van der Waals surface area contributed by atoms with Crippen LogP contribution in [0.4, 0.5) is 15.8 Å². The number of nitrogens with one attached hydrogen (secondary N) is 1. The molecule has 1 aromatic rings. The molecule has 1 aromatic carbocycles. The molecule has 1 heterocycles. The molecule has 0 aliphatic carbocycles. The summed E-state index contributed by atoms with van der Waals surface area (Å²) in [5.74, 6) is 0.536. The third-order valence-corrected chi connectivity index (χ3v) is 4.12. The van der Waals surface area contributed by atoms with E-state index in [2.05, 4.69) is 5.32 Å². The van der Waals surface area contributed by atoms with E-state index in [0.29, 0.717) is 11.4 Å². The van der Waals surface area contributed by atoms with Crippen molar-refractivity contribution in [2.24, 2.45) is 0 Å². The predicted molar refractivity (Wildman–Crippen MR) is 69.5 cm³/mol. The fourth-order valence-corrected chi connectivity index (χ4v) is 3.00. The summed E-state index contributed by atoms with van der Waals surface area (Å²) in [7, 11) is 0. The number of halogens is 1. The third-order valence-electron chi connectivity index (χ3n) is 2.75. The number of benzene rings is 1. The molecule has 3 nitrogen and oxygen atoms in total. The fraction of sp³-hybridized carbons (Fsp3) is 0.417. The number of nitrogens with two attached hydrogens (primary N) is 1. The summed E-state index contributed by atoms with van der Waals surface area (Å²) < 4.78 is 13.0. The molecule has 5 heteroatoms. The quantitative estimate of drug-likeness (QED) is 0.798. The summed E-state index contributed by atoms with van der Waals surface area (Å²) in [6.07, 6.45) is 3.12. The fourth-order valence-electron chi connectivity index (χ4n) is 1.80. The summed E-state index contributed by atoms with van der Waals surface area (Å²) in [4.78, 5) is 11.9. The average Bonchev–Trinajstić information content (AvgIpc) is 2.35. The zero-order chi connectivity index (χ0) is 12.3. The van der Waals surface area contributed by atoms with Gasteiger partial charge in [0.1, 0.15) is 5.82 Å². The average molecular weight is 254 g/mol. The highest BCUT2D eigenvalue weighted by Crippen LogP contribution is 2.27. The maximum atomic E-state index is 13.0. The van der Waals surface area contributed by atoms with Crippen LogP contribution in [0.5, 0.6) is 0 Å². The first-order valence-electron chi connectivity index (χ1n) is 5.64. The van der Waals surface area contributed by atoms with E-state index in [-0.39, 0.29) is 11.2 Å². The molecule has 0 aromatic heterocycles. The van der Waals surface area contributed by atoms with Crippen molar-refractivity contribution in [1.82, 2.24) is 0 Å². The maximum absolute atomic E-state index is 13.0. The van der Waals surface area contributed by atoms with E-state index in [1.54, 1.807) is 11.8 Å². The molecule has 1 fully saturated rings. The van der Waals surface area contributed by atoms with Crippen LogP contribution in [0, 0.1) is 5.82 Å². The molecule has 1 unspecified atom stereocenters. The molecule has 1 aliphatic heterocycles. The topological polar surface area (TPSA) is 55.1 Å². The van der Waals surface area contributed by atoms with Gasteiger partial charge in [-0.25, -0.2) is 4.39 Å². The van der Waals surface area contributed by atoms with Gasteiger partial charge in [-0.1, -0.05) is 6.42 Å². The Morgan fingerprint density at radius 1 is 1.47 bits per heavy atom. The number of amides is 1. The van der Waals surface area contributed by atoms with Crippen molar-refractivity contribution >= 4 is 29.0 Å². The van der Waals surface area contributed by atoms with Crippen molar-refractivity contribution in [3.63, 3.8) is 0 Å². The number of thioether (sulfide) groups is 1. The molecule has 1 amide bonds. The van der Waals surface area contributed by atoms with Crippen LogP contribution in [0.2, 0.25) is 0 Å². The van der Waals surface area contributed by atoms with Crippen molar-refractivity contribution in [2.45, 2.75) is 24.5 Å². The monoisotopic (exact) mass is 254 g/mol. The van der Waals surface area contributed by atoms with Gasteiger partial charge in [-0.3, -0.25) is 4.79 Å². The summed E-state index contributed by atoms with van der Waals surface area (Å²) >= 11 is 1.65. The van der Waals surface area contributed by atoms with Crippen molar-refractivity contribution < 1.29 is 9.18 Å². The lowest BCUT2D eigenvalue weighted by Gasteiger charge is -2.20. The van der Waals surface area contributed by atoms with E-state index >= 15 is 0 Å². The van der Waals surface area contributed by atoms with Crippen LogP contribution in [0.3, 0.4) is 0 Å². The first-order valence-corrected chi connectivity index (χ1v) is 6.69. The van der Waals surface area contributed by atoms with Gasteiger partial charge in [0.15, 0.2) is 0 Å². The number of rotatable bonds is 2. The van der Waals surface area contributed by atoms with Gasteiger partial charge < -0.3 is 11.1 Å². The molecule has 3 N–H and O–H groups in total. The number of nitrogen functional groups attached to an aromatic ring is 1. The Morgan fingerprint density at radius 3 is 3.00 bits per heavy atom. The normalized spacial score (nSPS) is 19.9. The highest BCUT2D eigenvalue weighted by Gasteiger charge is 2.22. The SMILES string of the molecule is Nc1ccc(F)cc1NC(=O)C1CCCCS1. The highest BCUT2D eigenvalue weighted by atomic mass is 32.2. The Labute approximate surface area is 104 Å². The van der Waals surface area contributed by atoms with Gasteiger partial charge in [-0.15, -0.1) is 11.8 Å². The van der Waals surface area contributed by atoms with Crippen LogP contribution in [-0.4, -0.2) is 16.9 Å². The minimum absolute atomic E-state index is 0.0357. The Bertz CT molecular complexity index is 419. The lowest BCUT2D eigenvalue weighted by atomic mass is 10.1. The molecule has 1 saturated heterocycles. The number of hydrogen-bond donors (Lipinski definition) is 2. The van der Waals surface area contributed by atoms with E-state index in [1.807, 2.05) is 0 Å². The molecular formula is C12H15FN2OS. The molecular weight excluding hydrogens is 239 g/mol. The smallest absolute Gasteiger partial charge is 0.237 e. The van der Waals surface area contributed by atoms with Gasteiger partial charge >= 0.3 is 0 Å². The van der Waals surface area contributed by atoms with Crippen molar-refractivity contribution in [3.8, 4) is 0 Å². The number of hydrogen-bond acceptors (Lipinski definition) is 3. The van der Waals surface area contributed by atoms with E-state index < -0.39 is 5.82 Å². The van der Waals surface area contributed by atoms with Crippen LogP contribution < -0.4 is 11.1 Å². The standard InChI is InChI=1S/C12H15FN2OS/c13-8-4-5-9(14)10(7-8)15-12(16)11-3-1-2-6-17-11/h4-5,7,11H,1-3,6,14H2,(H,15,16). The van der Waals surface area contributed by atoms with Crippen LogP contribution in [0.1, 0.15) is 19.3 Å². The summed E-state index contributed by atoms with van der Waals surface area (Å²) in [5, 5.41) is 2.66. The second-order valence-corrected chi connectivity index (χ2v) is 5.39. The van der Waals surface area contributed by atoms with Crippen LogP contribution in [0.25, 0.3) is 0 Å². The van der Waals surface area contributed by atoms with Gasteiger partial charge in [0.2, 0.25) is 5.91 Å². The van der Waals surface area contributed by atoms with Crippen LogP contribution in [0.15, 0.2) is 18.2 Å². The Balaban J connectivity index is 2.04. The molecule has 0 saturated carbocycles. The van der Waals surface area contributed by atoms with E-state index in [4.69, 9.17) is 5.73 Å². The molecule has 92 valence electrons. The van der Waals surface area contributed by atoms with Crippen molar-refractivity contribution in [2.75, 3.05) is 16.8 Å². The molecule has 0 spiro atoms. The lowest BCUT2D eigenvalue weighted by molar-refractivity contribution is -0.115. The molecule has 1 aliphatic rings. The first-order chi connectivity index (χ1) is 8.16.